The Bertz CT molecular complexity index is 939. The third-order valence-corrected chi connectivity index (χ3v) is 5.83. The monoisotopic (exact) mass is 390 g/mol. The molecule has 146 valence electrons. The Kier molecular flexibility index (Phi) is 6.62. The summed E-state index contributed by atoms with van der Waals surface area (Å²) in [6, 6.07) is 9.77. The Labute approximate surface area is 161 Å². The molecule has 0 radical (unpaired) electrons. The van der Waals surface area contributed by atoms with Gasteiger partial charge in [0.25, 0.3) is 5.91 Å². The Morgan fingerprint density at radius 1 is 1.15 bits per heavy atom. The smallest absolute Gasteiger partial charge is 0.255 e. The Hall–Kier alpha value is -2.38. The molecule has 1 atom stereocenters. The molecule has 2 N–H and O–H groups in total. The summed E-state index contributed by atoms with van der Waals surface area (Å²) < 4.78 is 33.6. The molecule has 1 amide bonds. The number of hydrogen-bond donors (Lipinski definition) is 2. The van der Waals surface area contributed by atoms with E-state index in [2.05, 4.69) is 10.0 Å². The molecule has 0 saturated carbocycles. The van der Waals surface area contributed by atoms with E-state index in [-0.39, 0.29) is 16.4 Å². The molecule has 2 rings (SSSR count). The van der Waals surface area contributed by atoms with Crippen molar-refractivity contribution >= 4 is 15.9 Å². The predicted octanol–water partition coefficient (Wildman–Crippen LogP) is 3.10. The van der Waals surface area contributed by atoms with Gasteiger partial charge in [-0.3, -0.25) is 4.79 Å². The molecule has 0 aliphatic carbocycles. The fraction of sp³-hybridized carbons (Fsp3) is 0.350. The van der Waals surface area contributed by atoms with E-state index >= 15 is 0 Å². The first-order valence-electron chi connectivity index (χ1n) is 8.75. The van der Waals surface area contributed by atoms with Crippen molar-refractivity contribution in [3.8, 4) is 5.75 Å². The van der Waals surface area contributed by atoms with Gasteiger partial charge in [0.1, 0.15) is 5.75 Å². The first-order chi connectivity index (χ1) is 12.7. The molecule has 7 heteroatoms. The van der Waals surface area contributed by atoms with Gasteiger partial charge in [0.2, 0.25) is 10.0 Å². The Morgan fingerprint density at radius 2 is 1.85 bits per heavy atom. The fourth-order valence-corrected chi connectivity index (χ4v) is 4.13. The maximum Gasteiger partial charge on any atom is 0.255 e. The van der Waals surface area contributed by atoms with Crippen molar-refractivity contribution in [2.24, 2.45) is 0 Å². The van der Waals surface area contributed by atoms with Crippen LogP contribution in [0.2, 0.25) is 0 Å². The van der Waals surface area contributed by atoms with Gasteiger partial charge in [0, 0.05) is 12.6 Å². The highest BCUT2D eigenvalue weighted by Gasteiger charge is 2.22. The number of benzene rings is 2. The molecule has 0 aliphatic heterocycles. The minimum Gasteiger partial charge on any atom is -0.496 e. The lowest BCUT2D eigenvalue weighted by Gasteiger charge is -2.18. The van der Waals surface area contributed by atoms with Gasteiger partial charge in [0.05, 0.1) is 17.6 Å². The summed E-state index contributed by atoms with van der Waals surface area (Å²) in [4.78, 5) is 12.2. The van der Waals surface area contributed by atoms with Crippen molar-refractivity contribution in [1.82, 2.24) is 10.0 Å². The maximum atomic E-state index is 12.9. The van der Waals surface area contributed by atoms with Gasteiger partial charge in [-0.1, -0.05) is 23.8 Å². The van der Waals surface area contributed by atoms with Gasteiger partial charge in [-0.15, -0.1) is 0 Å². The second-order valence-electron chi connectivity index (χ2n) is 6.42. The number of methoxy groups -OCH3 is 1. The van der Waals surface area contributed by atoms with E-state index in [1.807, 2.05) is 32.0 Å². The molecule has 0 spiro atoms. The van der Waals surface area contributed by atoms with E-state index in [0.29, 0.717) is 12.3 Å². The lowest BCUT2D eigenvalue weighted by molar-refractivity contribution is 0.0952. The van der Waals surface area contributed by atoms with E-state index in [0.717, 1.165) is 16.7 Å². The van der Waals surface area contributed by atoms with Gasteiger partial charge in [-0.25, -0.2) is 13.1 Å². The van der Waals surface area contributed by atoms with Crippen molar-refractivity contribution in [3.63, 3.8) is 0 Å². The molecule has 6 nitrogen and oxygen atoms in total. The van der Waals surface area contributed by atoms with Crippen LogP contribution in [0.15, 0.2) is 41.3 Å². The number of carbonyl (C=O) groups is 1. The average molecular weight is 391 g/mol. The first kappa shape index (κ1) is 20.9. The summed E-state index contributed by atoms with van der Waals surface area (Å²) in [7, 11) is -2.38. The largest absolute Gasteiger partial charge is 0.496 e. The molecular formula is C20H26N2O4S. The van der Waals surface area contributed by atoms with E-state index in [1.165, 1.54) is 25.3 Å². The van der Waals surface area contributed by atoms with Crippen molar-refractivity contribution in [3.05, 3.63) is 58.7 Å². The Balaban J connectivity index is 2.37. The number of nitrogens with one attached hydrogen (secondary N) is 2. The summed E-state index contributed by atoms with van der Waals surface area (Å²) in [5.41, 5.74) is 3.16. The van der Waals surface area contributed by atoms with Crippen LogP contribution in [0.1, 0.15) is 46.9 Å². The molecule has 0 aliphatic rings. The second-order valence-corrected chi connectivity index (χ2v) is 8.14. The fourth-order valence-electron chi connectivity index (χ4n) is 2.88. The zero-order valence-electron chi connectivity index (χ0n) is 16.3. The second kappa shape index (κ2) is 8.54. The number of rotatable bonds is 7. The number of amides is 1. The van der Waals surface area contributed by atoms with Crippen molar-refractivity contribution in [2.75, 3.05) is 13.7 Å². The molecule has 0 heterocycles. The van der Waals surface area contributed by atoms with Crippen LogP contribution >= 0.6 is 0 Å². The van der Waals surface area contributed by atoms with Crippen LogP contribution in [-0.2, 0) is 10.0 Å². The van der Waals surface area contributed by atoms with Gasteiger partial charge in [-0.05, 0) is 57.0 Å². The third kappa shape index (κ3) is 4.87. The maximum absolute atomic E-state index is 12.9. The summed E-state index contributed by atoms with van der Waals surface area (Å²) in [6.45, 7) is 7.93. The lowest BCUT2D eigenvalue weighted by Crippen LogP contribution is -2.28. The van der Waals surface area contributed by atoms with Crippen LogP contribution in [0.25, 0.3) is 0 Å². The van der Waals surface area contributed by atoms with Crippen LogP contribution in [0, 0.1) is 13.8 Å². The predicted molar refractivity (Wildman–Crippen MR) is 106 cm³/mol. The number of carbonyl (C=O) groups excluding carboxylic acids is 1. The molecule has 2 aromatic carbocycles. The molecule has 1 unspecified atom stereocenters. The molecule has 0 aromatic heterocycles. The third-order valence-electron chi connectivity index (χ3n) is 4.30. The van der Waals surface area contributed by atoms with Crippen molar-refractivity contribution in [2.45, 2.75) is 38.6 Å². The molecule has 2 aromatic rings. The highest BCUT2D eigenvalue weighted by atomic mass is 32.2. The van der Waals surface area contributed by atoms with Gasteiger partial charge >= 0.3 is 0 Å². The van der Waals surface area contributed by atoms with Crippen LogP contribution in [0.5, 0.6) is 5.75 Å². The van der Waals surface area contributed by atoms with Crippen molar-refractivity contribution < 1.29 is 17.9 Å². The molecule has 27 heavy (non-hydrogen) atoms. The minimum atomic E-state index is -3.82. The standard InChI is InChI=1S/C20H26N2O4S/c1-6-21-20(23)18-12-16(9-10-19(18)26-5)27(24,25)22-15(4)17-11-13(2)7-8-14(17)3/h7-12,15,22H,6H2,1-5H3,(H,21,23). The lowest BCUT2D eigenvalue weighted by atomic mass is 10.0. The zero-order valence-corrected chi connectivity index (χ0v) is 17.1. The van der Waals surface area contributed by atoms with E-state index < -0.39 is 16.1 Å². The van der Waals surface area contributed by atoms with Gasteiger partial charge in [-0.2, -0.15) is 0 Å². The summed E-state index contributed by atoms with van der Waals surface area (Å²) >= 11 is 0. The van der Waals surface area contributed by atoms with E-state index in [1.54, 1.807) is 13.8 Å². The van der Waals surface area contributed by atoms with Crippen LogP contribution in [0.3, 0.4) is 0 Å². The highest BCUT2D eigenvalue weighted by Crippen LogP contribution is 2.25. The first-order valence-corrected chi connectivity index (χ1v) is 10.2. The van der Waals surface area contributed by atoms with Gasteiger partial charge in [0.15, 0.2) is 0 Å². The molecule has 0 bridgehead atoms. The summed E-state index contributed by atoms with van der Waals surface area (Å²) in [5.74, 6) is -0.0588. The van der Waals surface area contributed by atoms with E-state index in [4.69, 9.17) is 4.74 Å². The SMILES string of the molecule is CCNC(=O)c1cc(S(=O)(=O)NC(C)c2cc(C)ccc2C)ccc1OC. The number of hydrogen-bond acceptors (Lipinski definition) is 4. The van der Waals surface area contributed by atoms with Crippen LogP contribution < -0.4 is 14.8 Å². The zero-order chi connectivity index (χ0) is 20.2. The Morgan fingerprint density at radius 3 is 2.48 bits per heavy atom. The van der Waals surface area contributed by atoms with Crippen molar-refractivity contribution in [1.29, 1.82) is 0 Å². The summed E-state index contributed by atoms with van der Waals surface area (Å²) in [6.07, 6.45) is 0. The number of sulfonamides is 1. The average Bonchev–Trinajstić information content (AvgIpc) is 2.62. The van der Waals surface area contributed by atoms with Gasteiger partial charge < -0.3 is 10.1 Å². The summed E-state index contributed by atoms with van der Waals surface area (Å²) in [5, 5.41) is 2.66. The van der Waals surface area contributed by atoms with Crippen LogP contribution in [0.4, 0.5) is 0 Å². The molecular weight excluding hydrogens is 364 g/mol. The highest BCUT2D eigenvalue weighted by molar-refractivity contribution is 7.89. The topological polar surface area (TPSA) is 84.5 Å². The number of ether oxygens (including phenoxy) is 1. The normalized spacial score (nSPS) is 12.5. The van der Waals surface area contributed by atoms with Crippen LogP contribution in [-0.4, -0.2) is 28.0 Å². The molecule has 0 fully saturated rings. The van der Waals surface area contributed by atoms with E-state index in [9.17, 15) is 13.2 Å². The molecule has 0 saturated heterocycles. The quantitative estimate of drug-likeness (QED) is 0.761. The number of aryl methyl sites for hydroxylation is 2. The minimum absolute atomic E-state index is 0.0155.